The molecule has 0 amide bonds. The van der Waals surface area contributed by atoms with Gasteiger partial charge < -0.3 is 10.6 Å². The number of hydrogen-bond acceptors (Lipinski definition) is 3. The molecule has 0 aromatic carbocycles. The molecule has 1 atom stereocenters. The fourth-order valence-corrected chi connectivity index (χ4v) is 3.71. The molecule has 2 N–H and O–H groups in total. The predicted molar refractivity (Wildman–Crippen MR) is 96.8 cm³/mol. The van der Waals surface area contributed by atoms with Gasteiger partial charge in [-0.15, -0.1) is 11.3 Å². The topological polar surface area (TPSA) is 39.7 Å². The molecule has 124 valence electrons. The van der Waals surface area contributed by atoms with Crippen molar-refractivity contribution in [1.29, 1.82) is 0 Å². The van der Waals surface area contributed by atoms with E-state index in [-0.39, 0.29) is 0 Å². The fraction of sp³-hybridized carbons (Fsp3) is 0.706. The van der Waals surface area contributed by atoms with Crippen LogP contribution in [0.25, 0.3) is 0 Å². The normalized spacial score (nSPS) is 17.1. The van der Waals surface area contributed by atoms with Crippen LogP contribution in [0.3, 0.4) is 0 Å². The van der Waals surface area contributed by atoms with Crippen LogP contribution in [0.2, 0.25) is 0 Å². The first-order chi connectivity index (χ1) is 10.7. The van der Waals surface area contributed by atoms with Crippen molar-refractivity contribution < 1.29 is 0 Å². The molecule has 0 fully saturated rings. The zero-order chi connectivity index (χ0) is 15.8. The minimum absolute atomic E-state index is 0.516. The Bertz CT molecular complexity index is 469. The third-order valence-electron chi connectivity index (χ3n) is 4.32. The molecule has 1 aromatic heterocycles. The van der Waals surface area contributed by atoms with Crippen molar-refractivity contribution in [2.45, 2.75) is 52.1 Å². The highest BCUT2D eigenvalue weighted by Crippen LogP contribution is 2.24. The van der Waals surface area contributed by atoms with Gasteiger partial charge in [0.1, 0.15) is 0 Å². The zero-order valence-corrected chi connectivity index (χ0v) is 15.0. The molecular weight excluding hydrogens is 292 g/mol. The SMILES string of the molecule is CCCCCNC(=NC)NCC(C)N1CCc2sccc2C1. The van der Waals surface area contributed by atoms with Gasteiger partial charge in [-0.05, 0) is 36.8 Å². The molecule has 0 bridgehead atoms. The smallest absolute Gasteiger partial charge is 0.191 e. The van der Waals surface area contributed by atoms with Crippen LogP contribution in [-0.4, -0.2) is 43.6 Å². The van der Waals surface area contributed by atoms with Gasteiger partial charge in [-0.25, -0.2) is 0 Å². The summed E-state index contributed by atoms with van der Waals surface area (Å²) in [7, 11) is 1.85. The standard InChI is InChI=1S/C17H30N4S/c1-4-5-6-9-19-17(18-3)20-12-14(2)21-10-7-16-15(13-21)8-11-22-16/h8,11,14H,4-7,9-10,12-13H2,1-3H3,(H2,18,19,20). The summed E-state index contributed by atoms with van der Waals surface area (Å²) in [5.74, 6) is 0.927. The molecule has 2 rings (SSSR count). The lowest BCUT2D eigenvalue weighted by Crippen LogP contribution is -2.47. The van der Waals surface area contributed by atoms with Crippen molar-refractivity contribution >= 4 is 17.3 Å². The van der Waals surface area contributed by atoms with Crippen molar-refractivity contribution in [3.8, 4) is 0 Å². The van der Waals surface area contributed by atoms with E-state index in [0.29, 0.717) is 6.04 Å². The lowest BCUT2D eigenvalue weighted by atomic mass is 10.1. The van der Waals surface area contributed by atoms with Crippen molar-refractivity contribution in [3.63, 3.8) is 0 Å². The number of guanidine groups is 1. The van der Waals surface area contributed by atoms with E-state index in [1.165, 1.54) is 37.8 Å². The monoisotopic (exact) mass is 322 g/mol. The second-order valence-corrected chi connectivity index (χ2v) is 7.03. The summed E-state index contributed by atoms with van der Waals surface area (Å²) in [6.45, 7) is 8.72. The fourth-order valence-electron chi connectivity index (χ4n) is 2.82. The summed E-state index contributed by atoms with van der Waals surface area (Å²) >= 11 is 1.90. The highest BCUT2D eigenvalue weighted by molar-refractivity contribution is 7.10. The van der Waals surface area contributed by atoms with E-state index in [2.05, 4.69) is 45.8 Å². The third-order valence-corrected chi connectivity index (χ3v) is 5.34. The van der Waals surface area contributed by atoms with Gasteiger partial charge in [-0.3, -0.25) is 9.89 Å². The van der Waals surface area contributed by atoms with E-state index < -0.39 is 0 Å². The van der Waals surface area contributed by atoms with Crippen LogP contribution in [-0.2, 0) is 13.0 Å². The van der Waals surface area contributed by atoms with Crippen LogP contribution in [0.4, 0.5) is 0 Å². The van der Waals surface area contributed by atoms with Crippen LogP contribution in [0.15, 0.2) is 16.4 Å². The van der Waals surface area contributed by atoms with E-state index in [0.717, 1.165) is 25.6 Å². The predicted octanol–water partition coefficient (Wildman–Crippen LogP) is 2.85. The summed E-state index contributed by atoms with van der Waals surface area (Å²) in [6.07, 6.45) is 4.93. The molecule has 1 aliphatic rings. The Morgan fingerprint density at radius 2 is 2.27 bits per heavy atom. The second-order valence-electron chi connectivity index (χ2n) is 6.03. The highest BCUT2D eigenvalue weighted by Gasteiger charge is 2.21. The summed E-state index contributed by atoms with van der Waals surface area (Å²) in [4.78, 5) is 8.44. The number of fused-ring (bicyclic) bond motifs is 1. The molecule has 0 saturated heterocycles. The third kappa shape index (κ3) is 4.99. The summed E-state index contributed by atoms with van der Waals surface area (Å²) < 4.78 is 0. The Hall–Kier alpha value is -1.07. The van der Waals surface area contributed by atoms with Crippen LogP contribution < -0.4 is 10.6 Å². The molecule has 2 heterocycles. The largest absolute Gasteiger partial charge is 0.356 e. The van der Waals surface area contributed by atoms with E-state index >= 15 is 0 Å². The molecule has 22 heavy (non-hydrogen) atoms. The average molecular weight is 323 g/mol. The summed E-state index contributed by atoms with van der Waals surface area (Å²) in [6, 6.07) is 2.79. The Balaban J connectivity index is 1.71. The van der Waals surface area contributed by atoms with Crippen LogP contribution >= 0.6 is 11.3 Å². The van der Waals surface area contributed by atoms with Crippen LogP contribution in [0, 0.1) is 0 Å². The minimum atomic E-state index is 0.516. The molecule has 1 aromatic rings. The first kappa shape index (κ1) is 17.3. The van der Waals surface area contributed by atoms with Gasteiger partial charge in [0.2, 0.25) is 0 Å². The highest BCUT2D eigenvalue weighted by atomic mass is 32.1. The quantitative estimate of drug-likeness (QED) is 0.461. The Morgan fingerprint density at radius 1 is 1.41 bits per heavy atom. The molecule has 1 unspecified atom stereocenters. The maximum Gasteiger partial charge on any atom is 0.191 e. The van der Waals surface area contributed by atoms with Crippen molar-refractivity contribution in [2.75, 3.05) is 26.7 Å². The van der Waals surface area contributed by atoms with Crippen molar-refractivity contribution in [3.05, 3.63) is 21.9 Å². The number of thiophene rings is 1. The lowest BCUT2D eigenvalue weighted by molar-refractivity contribution is 0.192. The van der Waals surface area contributed by atoms with Gasteiger partial charge in [0.05, 0.1) is 0 Å². The maximum atomic E-state index is 4.31. The number of nitrogens with zero attached hydrogens (tertiary/aromatic N) is 2. The molecule has 0 aliphatic carbocycles. The number of nitrogens with one attached hydrogen (secondary N) is 2. The summed E-state index contributed by atoms with van der Waals surface area (Å²) in [5.41, 5.74) is 1.52. The van der Waals surface area contributed by atoms with Gasteiger partial charge >= 0.3 is 0 Å². The number of rotatable bonds is 7. The molecule has 4 nitrogen and oxygen atoms in total. The first-order valence-electron chi connectivity index (χ1n) is 8.48. The molecule has 5 heteroatoms. The molecule has 0 spiro atoms. The van der Waals surface area contributed by atoms with Crippen LogP contribution in [0.5, 0.6) is 0 Å². The summed E-state index contributed by atoms with van der Waals surface area (Å²) in [5, 5.41) is 9.08. The Labute approximate surface area is 139 Å². The van der Waals surface area contributed by atoms with E-state index in [1.807, 2.05) is 18.4 Å². The van der Waals surface area contributed by atoms with Gasteiger partial charge in [0, 0.05) is 44.1 Å². The van der Waals surface area contributed by atoms with Gasteiger partial charge in [0.25, 0.3) is 0 Å². The molecule has 0 saturated carbocycles. The number of unbranched alkanes of at least 4 members (excludes halogenated alkanes) is 2. The van der Waals surface area contributed by atoms with Gasteiger partial charge in [-0.2, -0.15) is 0 Å². The second kappa shape index (κ2) is 9.16. The van der Waals surface area contributed by atoms with E-state index in [1.54, 1.807) is 4.88 Å². The molecular formula is C17H30N4S. The van der Waals surface area contributed by atoms with E-state index in [4.69, 9.17) is 0 Å². The average Bonchev–Trinajstić information content (AvgIpc) is 3.01. The van der Waals surface area contributed by atoms with Crippen molar-refractivity contribution in [1.82, 2.24) is 15.5 Å². The number of aliphatic imine (C=N–C) groups is 1. The van der Waals surface area contributed by atoms with Crippen LogP contribution in [0.1, 0.15) is 43.6 Å². The lowest BCUT2D eigenvalue weighted by Gasteiger charge is -2.32. The van der Waals surface area contributed by atoms with Gasteiger partial charge in [-0.1, -0.05) is 19.8 Å². The van der Waals surface area contributed by atoms with E-state index in [9.17, 15) is 0 Å². The number of hydrogen-bond donors (Lipinski definition) is 2. The Morgan fingerprint density at radius 3 is 3.05 bits per heavy atom. The molecule has 1 aliphatic heterocycles. The first-order valence-corrected chi connectivity index (χ1v) is 9.36. The maximum absolute atomic E-state index is 4.31. The zero-order valence-electron chi connectivity index (χ0n) is 14.2. The van der Waals surface area contributed by atoms with Crippen molar-refractivity contribution in [2.24, 2.45) is 4.99 Å². The van der Waals surface area contributed by atoms with Gasteiger partial charge in [0.15, 0.2) is 5.96 Å². The molecule has 0 radical (unpaired) electrons. The Kier molecular flexibility index (Phi) is 7.19. The minimum Gasteiger partial charge on any atom is -0.356 e.